The Labute approximate surface area is 209 Å². The maximum Gasteiger partial charge on any atom is 0.432 e. The SMILES string of the molecule is C[C@H]1[C@@H](c2ccccc2)OC(=O)N(C(=O)[C@@H](Cc2ccccc2)[C@H](O)c2ccc3c(c2)OCO3)N1C. The first kappa shape index (κ1) is 23.8. The molecule has 2 aliphatic rings. The third kappa shape index (κ3) is 4.53. The van der Waals surface area contributed by atoms with E-state index in [4.69, 9.17) is 14.2 Å². The zero-order valence-corrected chi connectivity index (χ0v) is 20.1. The summed E-state index contributed by atoms with van der Waals surface area (Å²) in [6.07, 6.45) is -2.27. The van der Waals surface area contributed by atoms with Crippen LogP contribution < -0.4 is 9.47 Å². The number of hydrazine groups is 1. The Morgan fingerprint density at radius 3 is 2.39 bits per heavy atom. The lowest BCUT2D eigenvalue weighted by molar-refractivity contribution is -0.170. The topological polar surface area (TPSA) is 88.5 Å². The number of carbonyl (C=O) groups is 2. The summed E-state index contributed by atoms with van der Waals surface area (Å²) in [6, 6.07) is 23.6. The summed E-state index contributed by atoms with van der Waals surface area (Å²) < 4.78 is 16.6. The third-order valence-corrected chi connectivity index (χ3v) is 6.82. The monoisotopic (exact) mass is 488 g/mol. The molecule has 186 valence electrons. The van der Waals surface area contributed by atoms with Crippen LogP contribution in [0.25, 0.3) is 0 Å². The van der Waals surface area contributed by atoms with E-state index >= 15 is 0 Å². The van der Waals surface area contributed by atoms with Gasteiger partial charge in [-0.05, 0) is 42.2 Å². The molecule has 4 atom stereocenters. The fourth-order valence-corrected chi connectivity index (χ4v) is 4.69. The van der Waals surface area contributed by atoms with Crippen LogP contribution in [0.5, 0.6) is 11.5 Å². The first-order valence-corrected chi connectivity index (χ1v) is 11.9. The van der Waals surface area contributed by atoms with Gasteiger partial charge in [0.1, 0.15) is 6.10 Å². The Hall–Kier alpha value is -3.88. The molecule has 0 aromatic heterocycles. The van der Waals surface area contributed by atoms with Crippen molar-refractivity contribution in [1.82, 2.24) is 10.0 Å². The van der Waals surface area contributed by atoms with Crippen LogP contribution in [0.15, 0.2) is 78.9 Å². The minimum atomic E-state index is -1.20. The highest BCUT2D eigenvalue weighted by Gasteiger charge is 2.45. The molecular formula is C28H28N2O6. The number of aliphatic hydroxyl groups excluding tert-OH is 1. The highest BCUT2D eigenvalue weighted by Crippen LogP contribution is 2.38. The van der Waals surface area contributed by atoms with Gasteiger partial charge in [0.15, 0.2) is 11.5 Å². The molecule has 0 spiro atoms. The van der Waals surface area contributed by atoms with E-state index in [-0.39, 0.29) is 19.3 Å². The molecule has 0 unspecified atom stereocenters. The van der Waals surface area contributed by atoms with E-state index in [0.717, 1.165) is 16.1 Å². The zero-order valence-electron chi connectivity index (χ0n) is 20.1. The number of fused-ring (bicyclic) bond motifs is 1. The molecule has 1 saturated heterocycles. The van der Waals surface area contributed by atoms with E-state index in [0.29, 0.717) is 17.1 Å². The van der Waals surface area contributed by atoms with Gasteiger partial charge in [-0.3, -0.25) is 4.79 Å². The number of hydrogen-bond acceptors (Lipinski definition) is 7. The van der Waals surface area contributed by atoms with Crippen molar-refractivity contribution < 1.29 is 28.9 Å². The number of rotatable bonds is 6. The standard InChI is InChI=1S/C28H28N2O6/c1-18-26(20-11-7-4-8-12-20)36-28(33)30(29(18)2)27(32)22(15-19-9-5-3-6-10-19)25(31)21-13-14-23-24(16-21)35-17-34-23/h3-14,16,18,22,25-26,31H,15,17H2,1-2H3/t18-,22-,25+,26-/m0/s1. The van der Waals surface area contributed by atoms with Gasteiger partial charge in [0.05, 0.1) is 18.1 Å². The number of hydrogen-bond donors (Lipinski definition) is 1. The molecule has 0 aliphatic carbocycles. The number of cyclic esters (lactones) is 1. The second-order valence-electron chi connectivity index (χ2n) is 9.03. The van der Waals surface area contributed by atoms with Crippen molar-refractivity contribution in [1.29, 1.82) is 0 Å². The largest absolute Gasteiger partial charge is 0.454 e. The Morgan fingerprint density at radius 1 is 1.00 bits per heavy atom. The van der Waals surface area contributed by atoms with Crippen LogP contribution in [0.4, 0.5) is 4.79 Å². The summed E-state index contributed by atoms with van der Waals surface area (Å²) in [5.41, 5.74) is 2.20. The molecule has 3 aromatic rings. The van der Waals surface area contributed by atoms with E-state index in [1.54, 1.807) is 30.3 Å². The highest BCUT2D eigenvalue weighted by molar-refractivity contribution is 5.93. The van der Waals surface area contributed by atoms with Gasteiger partial charge in [-0.15, -0.1) is 0 Å². The summed E-state index contributed by atoms with van der Waals surface area (Å²) >= 11 is 0. The van der Waals surface area contributed by atoms with E-state index in [1.807, 2.05) is 67.6 Å². The molecule has 0 bridgehead atoms. The van der Waals surface area contributed by atoms with Crippen LogP contribution in [0, 0.1) is 5.92 Å². The van der Waals surface area contributed by atoms with Gasteiger partial charge in [-0.2, -0.15) is 5.01 Å². The molecular weight excluding hydrogens is 460 g/mol. The van der Waals surface area contributed by atoms with Gasteiger partial charge < -0.3 is 19.3 Å². The third-order valence-electron chi connectivity index (χ3n) is 6.82. The van der Waals surface area contributed by atoms with Gasteiger partial charge >= 0.3 is 6.09 Å². The molecule has 1 N–H and O–H groups in total. The molecule has 3 aromatic carbocycles. The minimum Gasteiger partial charge on any atom is -0.454 e. The van der Waals surface area contributed by atoms with Gasteiger partial charge in [0, 0.05) is 7.05 Å². The molecule has 2 heterocycles. The Morgan fingerprint density at radius 2 is 1.67 bits per heavy atom. The van der Waals surface area contributed by atoms with Crippen molar-refractivity contribution in [3.05, 3.63) is 95.6 Å². The van der Waals surface area contributed by atoms with Crippen LogP contribution >= 0.6 is 0 Å². The van der Waals surface area contributed by atoms with E-state index in [9.17, 15) is 14.7 Å². The summed E-state index contributed by atoms with van der Waals surface area (Å²) in [6.45, 7) is 2.00. The molecule has 5 rings (SSSR count). The molecule has 1 fully saturated rings. The van der Waals surface area contributed by atoms with Gasteiger partial charge in [-0.1, -0.05) is 66.7 Å². The van der Waals surface area contributed by atoms with Crippen LogP contribution in [-0.4, -0.2) is 47.0 Å². The number of amides is 2. The normalized spacial score (nSPS) is 21.1. The fourth-order valence-electron chi connectivity index (χ4n) is 4.69. The molecule has 8 heteroatoms. The second kappa shape index (κ2) is 10.0. The molecule has 8 nitrogen and oxygen atoms in total. The van der Waals surface area contributed by atoms with Crippen molar-refractivity contribution in [2.24, 2.45) is 5.92 Å². The predicted octanol–water partition coefficient (Wildman–Crippen LogP) is 4.26. The van der Waals surface area contributed by atoms with Gasteiger partial charge in [-0.25, -0.2) is 9.80 Å². The second-order valence-corrected chi connectivity index (χ2v) is 9.03. The van der Waals surface area contributed by atoms with Crippen LogP contribution in [-0.2, 0) is 16.0 Å². The van der Waals surface area contributed by atoms with Crippen LogP contribution in [0.1, 0.15) is 35.8 Å². The Kier molecular flexibility index (Phi) is 6.63. The number of likely N-dealkylation sites (N-methyl/N-ethyl adjacent to an activating group) is 1. The molecule has 2 aliphatic heterocycles. The van der Waals surface area contributed by atoms with Crippen LogP contribution in [0.3, 0.4) is 0 Å². The average Bonchev–Trinajstić information content (AvgIpc) is 3.38. The highest BCUT2D eigenvalue weighted by atomic mass is 16.7. The minimum absolute atomic E-state index is 0.103. The number of benzene rings is 3. The number of aliphatic hydroxyl groups is 1. The maximum absolute atomic E-state index is 13.9. The number of ether oxygens (including phenoxy) is 3. The van der Waals surface area contributed by atoms with Gasteiger partial charge in [0.2, 0.25) is 6.79 Å². The van der Waals surface area contributed by atoms with Gasteiger partial charge in [0.25, 0.3) is 5.91 Å². The molecule has 0 radical (unpaired) electrons. The molecule has 36 heavy (non-hydrogen) atoms. The summed E-state index contributed by atoms with van der Waals surface area (Å²) in [5.74, 6) is -0.415. The summed E-state index contributed by atoms with van der Waals surface area (Å²) in [7, 11) is 1.69. The molecule has 2 amide bonds. The number of nitrogens with zero attached hydrogens (tertiary/aromatic N) is 2. The summed E-state index contributed by atoms with van der Waals surface area (Å²) in [4.78, 5) is 27.1. The lowest BCUT2D eigenvalue weighted by Crippen LogP contribution is -2.60. The maximum atomic E-state index is 13.9. The molecule has 0 saturated carbocycles. The first-order chi connectivity index (χ1) is 17.4. The lowest BCUT2D eigenvalue weighted by Gasteiger charge is -2.44. The Bertz CT molecular complexity index is 1240. The van der Waals surface area contributed by atoms with Crippen molar-refractivity contribution >= 4 is 12.0 Å². The first-order valence-electron chi connectivity index (χ1n) is 11.9. The lowest BCUT2D eigenvalue weighted by atomic mass is 9.88. The van der Waals surface area contributed by atoms with Crippen molar-refractivity contribution in [3.8, 4) is 11.5 Å². The fraction of sp³-hybridized carbons (Fsp3) is 0.286. The quantitative estimate of drug-likeness (QED) is 0.555. The van der Waals surface area contributed by atoms with Crippen molar-refractivity contribution in [3.63, 3.8) is 0 Å². The van der Waals surface area contributed by atoms with E-state index in [1.165, 1.54) is 0 Å². The van der Waals surface area contributed by atoms with Crippen LogP contribution in [0.2, 0.25) is 0 Å². The number of imide groups is 1. The Balaban J connectivity index is 1.44. The van der Waals surface area contributed by atoms with Crippen molar-refractivity contribution in [2.45, 2.75) is 31.6 Å². The predicted molar refractivity (Wildman–Crippen MR) is 131 cm³/mol. The number of carbonyl (C=O) groups excluding carboxylic acids is 2. The van der Waals surface area contributed by atoms with E-state index in [2.05, 4.69) is 0 Å². The smallest absolute Gasteiger partial charge is 0.432 e. The van der Waals surface area contributed by atoms with E-state index < -0.39 is 30.1 Å². The summed E-state index contributed by atoms with van der Waals surface area (Å²) in [5, 5.41) is 14.0. The average molecular weight is 489 g/mol. The zero-order chi connectivity index (χ0) is 25.2. The van der Waals surface area contributed by atoms with Crippen molar-refractivity contribution in [2.75, 3.05) is 13.8 Å².